The minimum Gasteiger partial charge on any atom is -0.337 e. The molecule has 15 heavy (non-hydrogen) atoms. The van der Waals surface area contributed by atoms with E-state index in [9.17, 15) is 0 Å². The monoisotopic (exact) mass is 210 g/mol. The first-order chi connectivity index (χ1) is 7.24. The molecule has 0 amide bonds. The first-order valence-corrected chi connectivity index (χ1v) is 6.51. The summed E-state index contributed by atoms with van der Waals surface area (Å²) in [4.78, 5) is 7.12. The van der Waals surface area contributed by atoms with Crippen molar-refractivity contribution in [3.05, 3.63) is 0 Å². The van der Waals surface area contributed by atoms with E-state index >= 15 is 0 Å². The third kappa shape index (κ3) is 1.71. The second kappa shape index (κ2) is 3.72. The molecule has 0 spiro atoms. The lowest BCUT2D eigenvalue weighted by Crippen LogP contribution is -3.10. The summed E-state index contributed by atoms with van der Waals surface area (Å²) in [7, 11) is 4.63. The number of likely N-dealkylation sites (N-methyl/N-ethyl adjacent to an activating group) is 1. The minimum absolute atomic E-state index is 0.877. The molecule has 2 atom stereocenters. The zero-order chi connectivity index (χ0) is 10.4. The van der Waals surface area contributed by atoms with Gasteiger partial charge >= 0.3 is 0 Å². The van der Waals surface area contributed by atoms with Crippen LogP contribution in [0, 0.1) is 0 Å². The Morgan fingerprint density at radius 1 is 1.00 bits per heavy atom. The van der Waals surface area contributed by atoms with Crippen LogP contribution in [0.4, 0.5) is 0 Å². The van der Waals surface area contributed by atoms with E-state index in [-0.39, 0.29) is 0 Å². The number of nitrogens with zero attached hydrogens (tertiary/aromatic N) is 2. The molecule has 2 unspecified atom stereocenters. The predicted octanol–water partition coefficient (Wildman–Crippen LogP) is -0.948. The van der Waals surface area contributed by atoms with Crippen LogP contribution in [0.15, 0.2) is 0 Å². The number of rotatable bonds is 1. The molecular weight excluding hydrogens is 186 g/mol. The fraction of sp³-hybridized carbons (Fsp3) is 1.00. The average molecular weight is 210 g/mol. The van der Waals surface area contributed by atoms with Crippen LogP contribution in [0.3, 0.4) is 0 Å². The third-order valence-corrected chi connectivity index (χ3v) is 4.83. The summed E-state index contributed by atoms with van der Waals surface area (Å²) in [6.07, 6.45) is 4.30. The third-order valence-electron chi connectivity index (χ3n) is 4.83. The highest BCUT2D eigenvalue weighted by atomic mass is 15.4. The molecule has 2 bridgehead atoms. The van der Waals surface area contributed by atoms with Crippen molar-refractivity contribution in [2.45, 2.75) is 37.4 Å². The Bertz CT molecular complexity index is 233. The Hall–Kier alpha value is -0.120. The van der Waals surface area contributed by atoms with Gasteiger partial charge in [-0.3, -0.25) is 4.90 Å². The maximum atomic E-state index is 2.83. The van der Waals surface area contributed by atoms with Crippen molar-refractivity contribution in [1.82, 2.24) is 9.80 Å². The van der Waals surface area contributed by atoms with Gasteiger partial charge < -0.3 is 9.80 Å². The highest BCUT2D eigenvalue weighted by molar-refractivity contribution is 5.00. The lowest BCUT2D eigenvalue weighted by molar-refractivity contribution is -0.885. The summed E-state index contributed by atoms with van der Waals surface area (Å²) in [5.74, 6) is 0. The summed E-state index contributed by atoms with van der Waals surface area (Å²) >= 11 is 0. The van der Waals surface area contributed by atoms with Gasteiger partial charge in [0.15, 0.2) is 0 Å². The Kier molecular flexibility index (Phi) is 2.49. The maximum Gasteiger partial charge on any atom is 0.0784 e. The standard InChI is InChI=1S/C12H23N3/c1-13-5-3-10(4-6-13)15-9-11-7-12(15)8-14(11)2/h10-12H,3-9H2,1-2H3/p+1. The topological polar surface area (TPSA) is 10.9 Å². The van der Waals surface area contributed by atoms with Gasteiger partial charge in [-0.05, 0) is 13.5 Å². The SMILES string of the molecule is CN1CC2CC1CN2C1CC[NH+](C)CC1. The Morgan fingerprint density at radius 3 is 2.27 bits per heavy atom. The molecule has 3 heterocycles. The van der Waals surface area contributed by atoms with E-state index in [0.29, 0.717) is 0 Å². The molecule has 3 heteroatoms. The van der Waals surface area contributed by atoms with Gasteiger partial charge in [0, 0.05) is 44.1 Å². The van der Waals surface area contributed by atoms with Gasteiger partial charge in [-0.15, -0.1) is 0 Å². The van der Waals surface area contributed by atoms with Crippen LogP contribution in [0.2, 0.25) is 0 Å². The minimum atomic E-state index is 0.877. The second-order valence-electron chi connectivity index (χ2n) is 5.87. The van der Waals surface area contributed by atoms with Gasteiger partial charge in [-0.25, -0.2) is 0 Å². The van der Waals surface area contributed by atoms with Crippen molar-refractivity contribution >= 4 is 0 Å². The van der Waals surface area contributed by atoms with E-state index in [1.807, 2.05) is 0 Å². The summed E-state index contributed by atoms with van der Waals surface area (Å²) in [5.41, 5.74) is 0. The Morgan fingerprint density at radius 2 is 1.73 bits per heavy atom. The van der Waals surface area contributed by atoms with E-state index in [4.69, 9.17) is 0 Å². The van der Waals surface area contributed by atoms with Crippen LogP contribution >= 0.6 is 0 Å². The normalized spacial score (nSPS) is 47.6. The highest BCUT2D eigenvalue weighted by Crippen LogP contribution is 2.32. The molecule has 0 aliphatic carbocycles. The molecular formula is C12H24N3+. The zero-order valence-electron chi connectivity index (χ0n) is 10.1. The van der Waals surface area contributed by atoms with Crippen LogP contribution in [0.1, 0.15) is 19.3 Å². The molecule has 3 aliphatic rings. The van der Waals surface area contributed by atoms with Crippen LogP contribution in [-0.4, -0.2) is 68.2 Å². The molecule has 0 aromatic carbocycles. The summed E-state index contributed by atoms with van der Waals surface area (Å²) in [6.45, 7) is 5.44. The van der Waals surface area contributed by atoms with Gasteiger partial charge in [-0.2, -0.15) is 0 Å². The van der Waals surface area contributed by atoms with Gasteiger partial charge in [0.05, 0.1) is 20.1 Å². The number of fused-ring (bicyclic) bond motifs is 2. The number of likely N-dealkylation sites (tertiary alicyclic amines) is 3. The number of nitrogens with one attached hydrogen (secondary N) is 1. The second-order valence-corrected chi connectivity index (χ2v) is 5.87. The first kappa shape index (κ1) is 10.1. The number of piperazine rings is 1. The van der Waals surface area contributed by atoms with E-state index in [2.05, 4.69) is 23.9 Å². The van der Waals surface area contributed by atoms with Crippen molar-refractivity contribution in [2.75, 3.05) is 40.3 Å². The molecule has 3 saturated heterocycles. The average Bonchev–Trinajstić information content (AvgIpc) is 2.77. The number of hydrogen-bond acceptors (Lipinski definition) is 2. The number of hydrogen-bond donors (Lipinski definition) is 1. The van der Waals surface area contributed by atoms with Gasteiger partial charge in [0.1, 0.15) is 0 Å². The van der Waals surface area contributed by atoms with E-state index in [1.54, 1.807) is 4.90 Å². The maximum absolute atomic E-state index is 2.83. The predicted molar refractivity (Wildman–Crippen MR) is 61.2 cm³/mol. The molecule has 3 aliphatic heterocycles. The number of piperidine rings is 1. The summed E-state index contributed by atoms with van der Waals surface area (Å²) in [6, 6.07) is 2.68. The van der Waals surface area contributed by atoms with Crippen LogP contribution < -0.4 is 4.90 Å². The van der Waals surface area contributed by atoms with E-state index in [0.717, 1.165) is 18.1 Å². The van der Waals surface area contributed by atoms with Gasteiger partial charge in [0.25, 0.3) is 0 Å². The highest BCUT2D eigenvalue weighted by Gasteiger charge is 2.44. The van der Waals surface area contributed by atoms with Crippen molar-refractivity contribution in [2.24, 2.45) is 0 Å². The van der Waals surface area contributed by atoms with Crippen molar-refractivity contribution in [1.29, 1.82) is 0 Å². The number of quaternary nitrogens is 1. The quantitative estimate of drug-likeness (QED) is 0.598. The van der Waals surface area contributed by atoms with Gasteiger partial charge in [-0.1, -0.05) is 0 Å². The molecule has 0 saturated carbocycles. The Balaban J connectivity index is 1.61. The molecule has 3 nitrogen and oxygen atoms in total. The van der Waals surface area contributed by atoms with Crippen molar-refractivity contribution < 1.29 is 4.90 Å². The van der Waals surface area contributed by atoms with Crippen molar-refractivity contribution in [3.8, 4) is 0 Å². The molecule has 86 valence electrons. The van der Waals surface area contributed by atoms with Crippen LogP contribution in [0.5, 0.6) is 0 Å². The summed E-state index contributed by atoms with van der Waals surface area (Å²) < 4.78 is 0. The lowest BCUT2D eigenvalue weighted by atomic mass is 10.0. The van der Waals surface area contributed by atoms with Crippen LogP contribution in [-0.2, 0) is 0 Å². The van der Waals surface area contributed by atoms with Gasteiger partial charge in [0.2, 0.25) is 0 Å². The lowest BCUT2D eigenvalue weighted by Gasteiger charge is -2.40. The van der Waals surface area contributed by atoms with E-state index < -0.39 is 0 Å². The molecule has 0 aromatic rings. The fourth-order valence-corrected chi connectivity index (χ4v) is 3.77. The van der Waals surface area contributed by atoms with Crippen molar-refractivity contribution in [3.63, 3.8) is 0 Å². The first-order valence-electron chi connectivity index (χ1n) is 6.51. The molecule has 1 N–H and O–H groups in total. The molecule has 3 fully saturated rings. The molecule has 0 radical (unpaired) electrons. The fourth-order valence-electron chi connectivity index (χ4n) is 3.77. The Labute approximate surface area is 93.0 Å². The van der Waals surface area contributed by atoms with E-state index in [1.165, 1.54) is 45.4 Å². The molecule has 0 aromatic heterocycles. The zero-order valence-corrected chi connectivity index (χ0v) is 10.1. The molecule has 3 rings (SSSR count). The largest absolute Gasteiger partial charge is 0.337 e. The summed E-state index contributed by atoms with van der Waals surface area (Å²) in [5, 5.41) is 0. The smallest absolute Gasteiger partial charge is 0.0784 e. The van der Waals surface area contributed by atoms with Crippen LogP contribution in [0.25, 0.3) is 0 Å².